The molecule has 0 saturated carbocycles. The van der Waals surface area contributed by atoms with Crippen molar-refractivity contribution in [1.82, 2.24) is 25.3 Å². The molecule has 10 heteroatoms. The van der Waals surface area contributed by atoms with E-state index in [-0.39, 0.29) is 18.2 Å². The fourth-order valence-electron chi connectivity index (χ4n) is 4.83. The zero-order valence-electron chi connectivity index (χ0n) is 19.6. The quantitative estimate of drug-likeness (QED) is 0.348. The lowest BCUT2D eigenvalue weighted by atomic mass is 10.00. The Morgan fingerprint density at radius 1 is 0.972 bits per heavy atom. The average Bonchev–Trinajstić information content (AvgIpc) is 2.89. The molecule has 36 heavy (non-hydrogen) atoms. The summed E-state index contributed by atoms with van der Waals surface area (Å²) in [5.41, 5.74) is 0.725. The van der Waals surface area contributed by atoms with Gasteiger partial charge in [0.2, 0.25) is 0 Å². The van der Waals surface area contributed by atoms with Crippen molar-refractivity contribution in [1.29, 1.82) is 0 Å². The lowest BCUT2D eigenvalue weighted by molar-refractivity contribution is -0.138. The molecule has 2 aromatic heterocycles. The molecular formula is C26H24F4N6. The largest absolute Gasteiger partial charge is 0.416 e. The van der Waals surface area contributed by atoms with Gasteiger partial charge in [0.25, 0.3) is 0 Å². The minimum absolute atomic E-state index is 0.0758. The number of anilines is 1. The summed E-state index contributed by atoms with van der Waals surface area (Å²) in [6, 6.07) is 12.8. The van der Waals surface area contributed by atoms with E-state index in [2.05, 4.69) is 25.3 Å². The van der Waals surface area contributed by atoms with Gasteiger partial charge in [0.1, 0.15) is 11.5 Å². The highest BCUT2D eigenvalue weighted by Gasteiger charge is 2.34. The van der Waals surface area contributed by atoms with Crippen molar-refractivity contribution in [2.75, 3.05) is 25.0 Å². The number of piperidine rings is 1. The molecule has 1 aliphatic rings. The second-order valence-corrected chi connectivity index (χ2v) is 8.98. The van der Waals surface area contributed by atoms with E-state index in [1.807, 2.05) is 42.3 Å². The molecule has 2 aromatic carbocycles. The van der Waals surface area contributed by atoms with Crippen LogP contribution in [0.15, 0.2) is 60.9 Å². The third-order valence-electron chi connectivity index (χ3n) is 6.71. The SMILES string of the molecule is CN(Cc1ccc(F)cc1C(F)(F)F)C1CCN(c2nnc(-c3ccnnc3)c3ccccc23)CC1. The predicted octanol–water partition coefficient (Wildman–Crippen LogP) is 5.35. The maximum Gasteiger partial charge on any atom is 0.416 e. The van der Waals surface area contributed by atoms with Crippen LogP contribution in [-0.4, -0.2) is 51.5 Å². The van der Waals surface area contributed by atoms with Gasteiger partial charge in [0.05, 0.1) is 18.0 Å². The van der Waals surface area contributed by atoms with Crippen molar-refractivity contribution in [2.45, 2.75) is 31.6 Å². The number of halogens is 4. The van der Waals surface area contributed by atoms with Crippen molar-refractivity contribution < 1.29 is 17.6 Å². The Balaban J connectivity index is 1.32. The van der Waals surface area contributed by atoms with E-state index in [9.17, 15) is 17.6 Å². The van der Waals surface area contributed by atoms with E-state index in [0.29, 0.717) is 19.2 Å². The first-order chi connectivity index (χ1) is 17.3. The van der Waals surface area contributed by atoms with Gasteiger partial charge in [0, 0.05) is 42.0 Å². The summed E-state index contributed by atoms with van der Waals surface area (Å²) >= 11 is 0. The molecule has 1 saturated heterocycles. The highest BCUT2D eigenvalue weighted by atomic mass is 19.4. The van der Waals surface area contributed by atoms with Crippen LogP contribution >= 0.6 is 0 Å². The molecule has 0 amide bonds. The second kappa shape index (κ2) is 9.77. The van der Waals surface area contributed by atoms with E-state index >= 15 is 0 Å². The van der Waals surface area contributed by atoms with E-state index in [0.717, 1.165) is 46.8 Å². The first-order valence-corrected chi connectivity index (χ1v) is 11.6. The number of fused-ring (bicyclic) bond motifs is 1. The molecule has 1 fully saturated rings. The first-order valence-electron chi connectivity index (χ1n) is 11.6. The van der Waals surface area contributed by atoms with E-state index < -0.39 is 17.6 Å². The van der Waals surface area contributed by atoms with Crippen LogP contribution in [0.3, 0.4) is 0 Å². The summed E-state index contributed by atoms with van der Waals surface area (Å²) in [6.45, 7) is 1.48. The molecule has 186 valence electrons. The Morgan fingerprint density at radius 3 is 2.42 bits per heavy atom. The van der Waals surface area contributed by atoms with Gasteiger partial charge >= 0.3 is 6.18 Å². The molecular weight excluding hydrogens is 472 g/mol. The average molecular weight is 497 g/mol. The Labute approximate surface area is 205 Å². The number of benzene rings is 2. The molecule has 1 aliphatic heterocycles. The zero-order chi connectivity index (χ0) is 25.3. The Bertz CT molecular complexity index is 1350. The van der Waals surface area contributed by atoms with Crippen LogP contribution in [0.1, 0.15) is 24.0 Å². The number of alkyl halides is 3. The second-order valence-electron chi connectivity index (χ2n) is 8.98. The maximum atomic E-state index is 13.5. The molecule has 4 aromatic rings. The third kappa shape index (κ3) is 4.86. The van der Waals surface area contributed by atoms with Crippen LogP contribution in [0.25, 0.3) is 22.0 Å². The standard InChI is InChI=1S/C26H24F4N6/c1-35(16-18-6-7-19(27)14-23(18)26(28,29)30)20-9-12-36(13-10-20)25-22-5-3-2-4-21(22)24(33-34-25)17-8-11-31-32-15-17/h2-8,11,14-15,20H,9-10,12-13,16H2,1H3. The fraction of sp³-hybridized carbons (Fsp3) is 0.308. The minimum Gasteiger partial charge on any atom is -0.354 e. The van der Waals surface area contributed by atoms with Gasteiger partial charge in [-0.15, -0.1) is 10.2 Å². The highest BCUT2D eigenvalue weighted by Crippen LogP contribution is 2.35. The van der Waals surface area contributed by atoms with Crippen LogP contribution in [-0.2, 0) is 12.7 Å². The summed E-state index contributed by atoms with van der Waals surface area (Å²) in [4.78, 5) is 4.09. The van der Waals surface area contributed by atoms with Gasteiger partial charge in [-0.3, -0.25) is 4.90 Å². The lowest BCUT2D eigenvalue weighted by Gasteiger charge is -2.37. The molecule has 5 rings (SSSR count). The van der Waals surface area contributed by atoms with Crippen LogP contribution in [0.4, 0.5) is 23.4 Å². The number of hydrogen-bond donors (Lipinski definition) is 0. The van der Waals surface area contributed by atoms with Crippen molar-refractivity contribution in [3.05, 3.63) is 77.9 Å². The van der Waals surface area contributed by atoms with E-state index in [1.54, 1.807) is 12.4 Å². The van der Waals surface area contributed by atoms with Gasteiger partial charge in [-0.25, -0.2) is 4.39 Å². The first kappa shape index (κ1) is 24.1. The van der Waals surface area contributed by atoms with Gasteiger partial charge in [-0.05, 0) is 43.7 Å². The number of nitrogens with zero attached hydrogens (tertiary/aromatic N) is 6. The molecule has 0 unspecified atom stereocenters. The van der Waals surface area contributed by atoms with Gasteiger partial charge in [-0.2, -0.15) is 23.4 Å². The summed E-state index contributed by atoms with van der Waals surface area (Å²) in [5, 5.41) is 18.8. The van der Waals surface area contributed by atoms with E-state index in [4.69, 9.17) is 0 Å². The van der Waals surface area contributed by atoms with Crippen LogP contribution in [0.2, 0.25) is 0 Å². The van der Waals surface area contributed by atoms with Crippen LogP contribution in [0, 0.1) is 5.82 Å². The summed E-state index contributed by atoms with van der Waals surface area (Å²) < 4.78 is 53.7. The molecule has 6 nitrogen and oxygen atoms in total. The highest BCUT2D eigenvalue weighted by molar-refractivity contribution is 6.00. The topological polar surface area (TPSA) is 58.0 Å². The monoisotopic (exact) mass is 496 g/mol. The molecule has 3 heterocycles. The molecule has 0 bridgehead atoms. The summed E-state index contributed by atoms with van der Waals surface area (Å²) in [7, 11) is 1.82. The van der Waals surface area contributed by atoms with Crippen molar-refractivity contribution in [2.24, 2.45) is 0 Å². The fourth-order valence-corrected chi connectivity index (χ4v) is 4.83. The summed E-state index contributed by atoms with van der Waals surface area (Å²) in [5.74, 6) is -0.100. The molecule has 0 N–H and O–H groups in total. The molecule has 0 atom stereocenters. The van der Waals surface area contributed by atoms with Gasteiger partial charge < -0.3 is 4.90 Å². The number of rotatable bonds is 5. The van der Waals surface area contributed by atoms with Crippen LogP contribution < -0.4 is 4.90 Å². The Kier molecular flexibility index (Phi) is 6.53. The molecule has 0 aliphatic carbocycles. The predicted molar refractivity (Wildman–Crippen MR) is 129 cm³/mol. The van der Waals surface area contributed by atoms with Crippen molar-refractivity contribution in [3.8, 4) is 11.3 Å². The molecule has 0 spiro atoms. The smallest absolute Gasteiger partial charge is 0.354 e. The normalized spacial score (nSPS) is 15.1. The van der Waals surface area contributed by atoms with Crippen molar-refractivity contribution >= 4 is 16.6 Å². The van der Waals surface area contributed by atoms with Crippen LogP contribution in [0.5, 0.6) is 0 Å². The Morgan fingerprint density at radius 2 is 1.72 bits per heavy atom. The summed E-state index contributed by atoms with van der Waals surface area (Å²) in [6.07, 6.45) is 0.184. The Hall–Kier alpha value is -3.66. The third-order valence-corrected chi connectivity index (χ3v) is 6.71. The molecule has 0 radical (unpaired) electrons. The number of hydrogen-bond acceptors (Lipinski definition) is 6. The maximum absolute atomic E-state index is 13.5. The number of aromatic nitrogens is 4. The van der Waals surface area contributed by atoms with Gasteiger partial charge in [-0.1, -0.05) is 30.3 Å². The van der Waals surface area contributed by atoms with Crippen molar-refractivity contribution in [3.63, 3.8) is 0 Å². The van der Waals surface area contributed by atoms with Gasteiger partial charge in [0.15, 0.2) is 5.82 Å². The minimum atomic E-state index is -4.60. The zero-order valence-corrected chi connectivity index (χ0v) is 19.6. The lowest BCUT2D eigenvalue weighted by Crippen LogP contribution is -2.43. The van der Waals surface area contributed by atoms with E-state index in [1.165, 1.54) is 6.07 Å².